The molecule has 0 spiro atoms. The molecule has 2 aromatic heterocycles. The zero-order valence-corrected chi connectivity index (χ0v) is 19.9. The second-order valence-electron chi connectivity index (χ2n) is 8.54. The third-order valence-electron chi connectivity index (χ3n) is 6.10. The summed E-state index contributed by atoms with van der Waals surface area (Å²) in [5, 5.41) is 9.59. The van der Waals surface area contributed by atoms with Crippen molar-refractivity contribution in [3.8, 4) is 0 Å². The summed E-state index contributed by atoms with van der Waals surface area (Å²) >= 11 is 6.19. The van der Waals surface area contributed by atoms with Crippen molar-refractivity contribution in [1.82, 2.24) is 19.7 Å². The molecule has 0 saturated heterocycles. The van der Waals surface area contributed by atoms with Crippen molar-refractivity contribution in [2.45, 2.75) is 25.9 Å². The Labute approximate surface area is 207 Å². The first-order valence-corrected chi connectivity index (χ1v) is 12.0. The lowest BCUT2D eigenvalue weighted by Crippen LogP contribution is -2.34. The number of benzene rings is 3. The highest BCUT2D eigenvalue weighted by Crippen LogP contribution is 2.27. The van der Waals surface area contributed by atoms with Crippen LogP contribution < -0.4 is 10.9 Å². The molecule has 5 rings (SSSR count). The highest BCUT2D eigenvalue weighted by molar-refractivity contribution is 6.30. The van der Waals surface area contributed by atoms with Gasteiger partial charge in [0.25, 0.3) is 5.56 Å². The van der Waals surface area contributed by atoms with Gasteiger partial charge < -0.3 is 9.88 Å². The average Bonchev–Trinajstić information content (AvgIpc) is 3.18. The van der Waals surface area contributed by atoms with Gasteiger partial charge in [0.15, 0.2) is 0 Å². The Kier molecular flexibility index (Phi) is 6.64. The van der Waals surface area contributed by atoms with Gasteiger partial charge in [-0.25, -0.2) is 4.68 Å². The molecule has 0 bridgehead atoms. The van der Waals surface area contributed by atoms with Crippen LogP contribution in [-0.2, 0) is 24.3 Å². The van der Waals surface area contributed by atoms with Gasteiger partial charge in [-0.15, -0.1) is 0 Å². The first-order valence-electron chi connectivity index (χ1n) is 11.6. The summed E-state index contributed by atoms with van der Waals surface area (Å²) in [6.07, 6.45) is 3.39. The monoisotopic (exact) mass is 484 g/mol. The maximum absolute atomic E-state index is 13.5. The SMILES string of the molecule is O=C(Cn1ncc2c3ccccc3n(Cc3cccc(Cl)c3)c2c1=O)NCCCc1ccccc1. The van der Waals surface area contributed by atoms with E-state index in [2.05, 4.69) is 22.5 Å². The molecule has 2 heterocycles. The van der Waals surface area contributed by atoms with Crippen LogP contribution in [0.4, 0.5) is 0 Å². The molecule has 0 aliphatic heterocycles. The summed E-state index contributed by atoms with van der Waals surface area (Å²) in [7, 11) is 0. The van der Waals surface area contributed by atoms with Gasteiger partial charge in [0.2, 0.25) is 5.91 Å². The predicted octanol–water partition coefficient (Wildman–Crippen LogP) is 4.80. The van der Waals surface area contributed by atoms with E-state index in [0.29, 0.717) is 23.6 Å². The summed E-state index contributed by atoms with van der Waals surface area (Å²) in [5.74, 6) is -0.232. The fraction of sp³-hybridized carbons (Fsp3) is 0.179. The molecule has 1 amide bonds. The first-order chi connectivity index (χ1) is 17.1. The number of aryl methyl sites for hydroxylation is 1. The van der Waals surface area contributed by atoms with Crippen LogP contribution in [0.15, 0.2) is 89.9 Å². The molecule has 6 nitrogen and oxygen atoms in total. The summed E-state index contributed by atoms with van der Waals surface area (Å²) in [5.41, 5.74) is 3.39. The quantitative estimate of drug-likeness (QED) is 0.322. The van der Waals surface area contributed by atoms with E-state index in [-0.39, 0.29) is 18.0 Å². The molecule has 0 atom stereocenters. The third kappa shape index (κ3) is 4.98. The number of fused-ring (bicyclic) bond motifs is 3. The van der Waals surface area contributed by atoms with E-state index in [1.807, 2.05) is 71.3 Å². The lowest BCUT2D eigenvalue weighted by Gasteiger charge is -2.10. The van der Waals surface area contributed by atoms with E-state index in [0.717, 1.165) is 34.7 Å². The fourth-order valence-electron chi connectivity index (χ4n) is 4.45. The minimum absolute atomic E-state index is 0.126. The van der Waals surface area contributed by atoms with E-state index >= 15 is 0 Å². The molecule has 0 fully saturated rings. The fourth-order valence-corrected chi connectivity index (χ4v) is 4.66. The Hall–Kier alpha value is -3.90. The number of amides is 1. The van der Waals surface area contributed by atoms with Gasteiger partial charge >= 0.3 is 0 Å². The average molecular weight is 485 g/mol. The van der Waals surface area contributed by atoms with Gasteiger partial charge in [-0.3, -0.25) is 9.59 Å². The molecule has 176 valence electrons. The third-order valence-corrected chi connectivity index (χ3v) is 6.34. The van der Waals surface area contributed by atoms with Crippen LogP contribution >= 0.6 is 11.6 Å². The Morgan fingerprint density at radius 3 is 2.51 bits per heavy atom. The Bertz CT molecular complexity index is 1560. The van der Waals surface area contributed by atoms with Crippen molar-refractivity contribution in [1.29, 1.82) is 0 Å². The maximum atomic E-state index is 13.5. The summed E-state index contributed by atoms with van der Waals surface area (Å²) < 4.78 is 3.22. The number of para-hydroxylation sites is 1. The van der Waals surface area contributed by atoms with Crippen LogP contribution in [0.2, 0.25) is 5.02 Å². The number of carbonyl (C=O) groups excluding carboxylic acids is 1. The number of carbonyl (C=O) groups is 1. The van der Waals surface area contributed by atoms with Crippen molar-refractivity contribution in [2.24, 2.45) is 0 Å². The van der Waals surface area contributed by atoms with E-state index in [1.54, 1.807) is 6.20 Å². The molecule has 35 heavy (non-hydrogen) atoms. The second kappa shape index (κ2) is 10.2. The molecule has 3 aromatic carbocycles. The van der Waals surface area contributed by atoms with E-state index in [9.17, 15) is 9.59 Å². The number of hydrogen-bond acceptors (Lipinski definition) is 3. The Morgan fingerprint density at radius 1 is 0.914 bits per heavy atom. The standard InChI is InChI=1S/C28H25ClN4O2/c29-22-12-6-10-21(16-22)18-32-25-14-5-4-13-23(25)24-17-31-33(28(35)27(24)32)19-26(34)30-15-7-11-20-8-2-1-3-9-20/h1-6,8-10,12-14,16-17H,7,11,15,18-19H2,(H,30,34). The predicted molar refractivity (Wildman–Crippen MR) is 140 cm³/mol. The minimum Gasteiger partial charge on any atom is -0.354 e. The van der Waals surface area contributed by atoms with Crippen molar-refractivity contribution in [2.75, 3.05) is 6.54 Å². The Balaban J connectivity index is 1.39. The summed E-state index contributed by atoms with van der Waals surface area (Å²) in [4.78, 5) is 26.1. The number of nitrogens with one attached hydrogen (secondary N) is 1. The number of aromatic nitrogens is 3. The zero-order chi connectivity index (χ0) is 24.2. The normalized spacial score (nSPS) is 11.2. The van der Waals surface area contributed by atoms with E-state index < -0.39 is 0 Å². The van der Waals surface area contributed by atoms with Gasteiger partial charge in [-0.1, -0.05) is 72.3 Å². The summed E-state index contributed by atoms with van der Waals surface area (Å²) in [6.45, 7) is 0.897. The number of halogens is 1. The van der Waals surface area contributed by atoms with Gasteiger partial charge in [-0.05, 0) is 42.2 Å². The molecule has 0 radical (unpaired) electrons. The Morgan fingerprint density at radius 2 is 1.69 bits per heavy atom. The molecule has 5 aromatic rings. The zero-order valence-electron chi connectivity index (χ0n) is 19.2. The van der Waals surface area contributed by atoms with Gasteiger partial charge in [0, 0.05) is 34.4 Å². The van der Waals surface area contributed by atoms with Crippen LogP contribution in [0.1, 0.15) is 17.5 Å². The molecular formula is C28H25ClN4O2. The van der Waals surface area contributed by atoms with E-state index in [1.165, 1.54) is 10.2 Å². The molecular weight excluding hydrogens is 460 g/mol. The number of hydrogen-bond donors (Lipinski definition) is 1. The largest absolute Gasteiger partial charge is 0.354 e. The molecule has 1 N–H and O–H groups in total. The maximum Gasteiger partial charge on any atom is 0.291 e. The van der Waals surface area contributed by atoms with Crippen LogP contribution in [0, 0.1) is 0 Å². The molecule has 0 aliphatic carbocycles. The molecule has 7 heteroatoms. The van der Waals surface area contributed by atoms with E-state index in [4.69, 9.17) is 11.6 Å². The lowest BCUT2D eigenvalue weighted by atomic mass is 10.1. The first kappa shape index (κ1) is 22.9. The summed E-state index contributed by atoms with van der Waals surface area (Å²) in [6, 6.07) is 25.6. The number of rotatable bonds is 8. The molecule has 0 aliphatic rings. The molecule has 0 unspecified atom stereocenters. The second-order valence-corrected chi connectivity index (χ2v) is 8.98. The van der Waals surface area contributed by atoms with Crippen molar-refractivity contribution < 1.29 is 4.79 Å². The minimum atomic E-state index is -0.292. The molecule has 0 saturated carbocycles. The van der Waals surface area contributed by atoms with Crippen LogP contribution in [0.25, 0.3) is 21.8 Å². The van der Waals surface area contributed by atoms with Crippen LogP contribution in [0.3, 0.4) is 0 Å². The van der Waals surface area contributed by atoms with Gasteiger partial charge in [-0.2, -0.15) is 5.10 Å². The van der Waals surface area contributed by atoms with Crippen LogP contribution in [-0.4, -0.2) is 26.8 Å². The topological polar surface area (TPSA) is 68.9 Å². The smallest absolute Gasteiger partial charge is 0.291 e. The lowest BCUT2D eigenvalue weighted by molar-refractivity contribution is -0.121. The van der Waals surface area contributed by atoms with Gasteiger partial charge in [0.1, 0.15) is 12.1 Å². The van der Waals surface area contributed by atoms with Gasteiger partial charge in [0.05, 0.1) is 6.20 Å². The highest BCUT2D eigenvalue weighted by Gasteiger charge is 2.17. The van der Waals surface area contributed by atoms with Crippen LogP contribution in [0.5, 0.6) is 0 Å². The van der Waals surface area contributed by atoms with Crippen molar-refractivity contribution >= 4 is 39.3 Å². The van der Waals surface area contributed by atoms with Crippen molar-refractivity contribution in [3.05, 3.63) is 112 Å². The highest BCUT2D eigenvalue weighted by atomic mass is 35.5. The van der Waals surface area contributed by atoms with Crippen molar-refractivity contribution in [3.63, 3.8) is 0 Å². The number of nitrogens with zero attached hydrogens (tertiary/aromatic N) is 3.